The first kappa shape index (κ1) is 14.0. The molecule has 1 amide bonds. The van der Waals surface area contributed by atoms with Crippen molar-refractivity contribution in [1.82, 2.24) is 0 Å². The molecule has 94 valence electrons. The summed E-state index contributed by atoms with van der Waals surface area (Å²) in [7, 11) is 0. The van der Waals surface area contributed by atoms with Crippen LogP contribution in [0.5, 0.6) is 0 Å². The van der Waals surface area contributed by atoms with Crippen LogP contribution in [0.2, 0.25) is 5.02 Å². The quantitative estimate of drug-likeness (QED) is 0.751. The van der Waals surface area contributed by atoms with Gasteiger partial charge in [0.2, 0.25) is 5.91 Å². The van der Waals surface area contributed by atoms with Crippen LogP contribution in [-0.2, 0) is 9.59 Å². The fourth-order valence-electron chi connectivity index (χ4n) is 1.22. The van der Waals surface area contributed by atoms with E-state index in [1.54, 1.807) is 0 Å². The highest BCUT2D eigenvalue weighted by Gasteiger charge is 2.18. The molecule has 0 aromatic heterocycles. The zero-order valence-electron chi connectivity index (χ0n) is 9.18. The van der Waals surface area contributed by atoms with Gasteiger partial charge in [0.15, 0.2) is 0 Å². The molecule has 1 aromatic rings. The molecule has 0 saturated carbocycles. The van der Waals surface area contributed by atoms with Crippen LogP contribution in [0.15, 0.2) is 18.2 Å². The summed E-state index contributed by atoms with van der Waals surface area (Å²) in [5.74, 6) is -1.86. The highest BCUT2D eigenvalue weighted by molar-refractivity contribution is 6.31. The number of rotatable bonds is 4. The van der Waals surface area contributed by atoms with Crippen LogP contribution in [-0.4, -0.2) is 23.0 Å². The van der Waals surface area contributed by atoms with Gasteiger partial charge in [0.25, 0.3) is 0 Å². The SMILES string of the molecule is N#Cc1ccc(Cl)cc1NC(=O)C(N)CC(=O)O. The number of nitriles is 1. The number of carboxylic acid groups (broad SMARTS) is 1. The average Bonchev–Trinajstić information content (AvgIpc) is 2.28. The zero-order chi connectivity index (χ0) is 13.7. The van der Waals surface area contributed by atoms with Crippen LogP contribution in [0.25, 0.3) is 0 Å². The molecule has 0 bridgehead atoms. The summed E-state index contributed by atoms with van der Waals surface area (Å²) < 4.78 is 0. The molecule has 0 aliphatic heterocycles. The fraction of sp³-hybridized carbons (Fsp3) is 0.182. The topological polar surface area (TPSA) is 116 Å². The lowest BCUT2D eigenvalue weighted by molar-refractivity contribution is -0.138. The van der Waals surface area contributed by atoms with Gasteiger partial charge in [-0.3, -0.25) is 9.59 Å². The number of benzene rings is 1. The molecule has 0 heterocycles. The minimum absolute atomic E-state index is 0.204. The van der Waals surface area contributed by atoms with Crippen molar-refractivity contribution in [2.45, 2.75) is 12.5 Å². The van der Waals surface area contributed by atoms with E-state index in [9.17, 15) is 9.59 Å². The molecule has 1 atom stereocenters. The minimum atomic E-state index is -1.19. The van der Waals surface area contributed by atoms with E-state index in [4.69, 9.17) is 27.7 Å². The molecule has 0 fully saturated rings. The predicted octanol–water partition coefficient (Wildman–Crippen LogP) is 0.952. The molecule has 1 aromatic carbocycles. The van der Waals surface area contributed by atoms with E-state index in [0.29, 0.717) is 5.02 Å². The van der Waals surface area contributed by atoms with Crippen molar-refractivity contribution in [3.63, 3.8) is 0 Å². The van der Waals surface area contributed by atoms with Gasteiger partial charge in [0.1, 0.15) is 6.07 Å². The smallest absolute Gasteiger partial charge is 0.305 e. The Hall–Kier alpha value is -2.10. The number of nitrogens with two attached hydrogens (primary N) is 1. The Morgan fingerprint density at radius 1 is 1.56 bits per heavy atom. The lowest BCUT2D eigenvalue weighted by Gasteiger charge is -2.11. The maximum Gasteiger partial charge on any atom is 0.305 e. The molecular formula is C11H10ClN3O3. The first-order chi connectivity index (χ1) is 8.43. The van der Waals surface area contributed by atoms with Crippen molar-refractivity contribution >= 4 is 29.2 Å². The highest BCUT2D eigenvalue weighted by Crippen LogP contribution is 2.20. The minimum Gasteiger partial charge on any atom is -0.481 e. The van der Waals surface area contributed by atoms with E-state index in [-0.39, 0.29) is 11.3 Å². The van der Waals surface area contributed by atoms with E-state index in [0.717, 1.165) is 0 Å². The van der Waals surface area contributed by atoms with Gasteiger partial charge in [-0.05, 0) is 18.2 Å². The van der Waals surface area contributed by atoms with E-state index < -0.39 is 24.3 Å². The molecule has 7 heteroatoms. The Morgan fingerprint density at radius 2 is 2.22 bits per heavy atom. The number of halogens is 1. The van der Waals surface area contributed by atoms with Gasteiger partial charge in [0.05, 0.1) is 23.7 Å². The summed E-state index contributed by atoms with van der Waals surface area (Å²) in [6.07, 6.45) is -0.492. The predicted molar refractivity (Wildman–Crippen MR) is 65.0 cm³/mol. The maximum atomic E-state index is 11.6. The van der Waals surface area contributed by atoms with Crippen LogP contribution < -0.4 is 11.1 Å². The second kappa shape index (κ2) is 6.00. The number of nitrogens with zero attached hydrogens (tertiary/aromatic N) is 1. The molecule has 0 radical (unpaired) electrons. The van der Waals surface area contributed by atoms with E-state index in [1.807, 2.05) is 6.07 Å². The van der Waals surface area contributed by atoms with Crippen molar-refractivity contribution in [1.29, 1.82) is 5.26 Å². The number of carboxylic acids is 1. The van der Waals surface area contributed by atoms with Gasteiger partial charge in [0, 0.05) is 5.02 Å². The Morgan fingerprint density at radius 3 is 2.78 bits per heavy atom. The molecule has 18 heavy (non-hydrogen) atoms. The van der Waals surface area contributed by atoms with E-state index >= 15 is 0 Å². The molecular weight excluding hydrogens is 258 g/mol. The third kappa shape index (κ3) is 3.73. The summed E-state index contributed by atoms with van der Waals surface area (Å²) in [4.78, 5) is 22.0. The van der Waals surface area contributed by atoms with Crippen molar-refractivity contribution in [3.8, 4) is 6.07 Å². The van der Waals surface area contributed by atoms with Crippen LogP contribution >= 0.6 is 11.6 Å². The Labute approximate surface area is 108 Å². The monoisotopic (exact) mass is 267 g/mol. The number of hydrogen-bond acceptors (Lipinski definition) is 4. The van der Waals surface area contributed by atoms with Gasteiger partial charge in [-0.1, -0.05) is 11.6 Å². The van der Waals surface area contributed by atoms with Crippen LogP contribution in [0, 0.1) is 11.3 Å². The summed E-state index contributed by atoms with van der Waals surface area (Å²) in [5.41, 5.74) is 5.81. The number of hydrogen-bond donors (Lipinski definition) is 3. The Bertz CT molecular complexity index is 525. The summed E-state index contributed by atoms with van der Waals surface area (Å²) in [5, 5.41) is 20.1. The lowest BCUT2D eigenvalue weighted by atomic mass is 10.1. The maximum absolute atomic E-state index is 11.6. The normalized spacial score (nSPS) is 11.4. The van der Waals surface area contributed by atoms with Crippen molar-refractivity contribution in [2.24, 2.45) is 5.73 Å². The number of carbonyl (C=O) groups is 2. The fourth-order valence-corrected chi connectivity index (χ4v) is 1.40. The molecule has 4 N–H and O–H groups in total. The Balaban J connectivity index is 2.85. The van der Waals surface area contributed by atoms with Gasteiger partial charge in [-0.2, -0.15) is 5.26 Å². The second-order valence-corrected chi connectivity index (χ2v) is 3.93. The first-order valence-corrected chi connectivity index (χ1v) is 5.29. The van der Waals surface area contributed by atoms with Gasteiger partial charge >= 0.3 is 5.97 Å². The molecule has 0 spiro atoms. The van der Waals surface area contributed by atoms with Gasteiger partial charge in [-0.25, -0.2) is 0 Å². The van der Waals surface area contributed by atoms with Crippen LogP contribution in [0.3, 0.4) is 0 Å². The van der Waals surface area contributed by atoms with Gasteiger partial charge < -0.3 is 16.2 Å². The average molecular weight is 268 g/mol. The zero-order valence-corrected chi connectivity index (χ0v) is 9.94. The van der Waals surface area contributed by atoms with Crippen molar-refractivity contribution in [3.05, 3.63) is 28.8 Å². The van der Waals surface area contributed by atoms with Crippen molar-refractivity contribution < 1.29 is 14.7 Å². The molecule has 0 aliphatic carbocycles. The third-order valence-electron chi connectivity index (χ3n) is 2.09. The molecule has 0 aliphatic rings. The largest absolute Gasteiger partial charge is 0.481 e. The molecule has 6 nitrogen and oxygen atoms in total. The summed E-state index contributed by atoms with van der Waals surface area (Å²) >= 11 is 5.74. The summed E-state index contributed by atoms with van der Waals surface area (Å²) in [6.45, 7) is 0. The highest BCUT2D eigenvalue weighted by atomic mass is 35.5. The number of amides is 1. The number of carbonyl (C=O) groups excluding carboxylic acids is 1. The molecule has 1 unspecified atom stereocenters. The number of nitrogens with one attached hydrogen (secondary N) is 1. The number of anilines is 1. The first-order valence-electron chi connectivity index (χ1n) is 4.92. The van der Waals surface area contributed by atoms with Gasteiger partial charge in [-0.15, -0.1) is 0 Å². The molecule has 0 saturated heterocycles. The van der Waals surface area contributed by atoms with E-state index in [1.165, 1.54) is 18.2 Å². The lowest BCUT2D eigenvalue weighted by Crippen LogP contribution is -2.37. The van der Waals surface area contributed by atoms with Crippen LogP contribution in [0.4, 0.5) is 5.69 Å². The Kier molecular flexibility index (Phi) is 4.66. The van der Waals surface area contributed by atoms with Crippen LogP contribution in [0.1, 0.15) is 12.0 Å². The standard InChI is InChI=1S/C11H10ClN3O3/c12-7-2-1-6(5-13)9(3-7)15-11(18)8(14)4-10(16)17/h1-3,8H,4,14H2,(H,15,18)(H,16,17). The van der Waals surface area contributed by atoms with Crippen molar-refractivity contribution in [2.75, 3.05) is 5.32 Å². The summed E-state index contributed by atoms with van der Waals surface area (Å²) in [6, 6.07) is 5.04. The number of aliphatic carboxylic acids is 1. The second-order valence-electron chi connectivity index (χ2n) is 3.50. The third-order valence-corrected chi connectivity index (χ3v) is 2.33. The van der Waals surface area contributed by atoms with E-state index in [2.05, 4.69) is 5.32 Å². The molecule has 1 rings (SSSR count).